The number of hydrogen-bond acceptors (Lipinski definition) is 5. The van der Waals surface area contributed by atoms with E-state index >= 15 is 0 Å². The summed E-state index contributed by atoms with van der Waals surface area (Å²) in [5.74, 6) is -0.850. The predicted molar refractivity (Wildman–Crippen MR) is 113 cm³/mol. The fourth-order valence-corrected chi connectivity index (χ4v) is 4.42. The summed E-state index contributed by atoms with van der Waals surface area (Å²) in [5, 5.41) is 6.33. The number of nitrogens with one attached hydrogen (secondary N) is 2. The number of aromatic nitrogens is 1. The summed E-state index contributed by atoms with van der Waals surface area (Å²) in [6.07, 6.45) is 0.515. The highest BCUT2D eigenvalue weighted by atomic mass is 35.5. The van der Waals surface area contributed by atoms with Gasteiger partial charge in [0.2, 0.25) is 11.8 Å². The Bertz CT molecular complexity index is 1220. The largest absolute Gasteiger partial charge is 0.337 e. The van der Waals surface area contributed by atoms with Gasteiger partial charge in [-0.15, -0.1) is 0 Å². The van der Waals surface area contributed by atoms with E-state index in [4.69, 9.17) is 16.1 Å². The molecular formula is C20H19ClFN3O4S. The topological polar surface area (TPSA) is 101 Å². The number of sulfonamides is 1. The molecule has 30 heavy (non-hydrogen) atoms. The Labute approximate surface area is 178 Å². The quantitative estimate of drug-likeness (QED) is 0.562. The first-order chi connectivity index (χ1) is 14.1. The van der Waals surface area contributed by atoms with Crippen molar-refractivity contribution in [1.82, 2.24) is 5.16 Å². The molecule has 1 aromatic heterocycles. The molecule has 10 heteroatoms. The fourth-order valence-electron chi connectivity index (χ4n) is 2.92. The molecule has 0 aliphatic rings. The Morgan fingerprint density at radius 2 is 1.97 bits per heavy atom. The van der Waals surface area contributed by atoms with E-state index < -0.39 is 15.8 Å². The van der Waals surface area contributed by atoms with Crippen LogP contribution in [0.4, 0.5) is 16.0 Å². The summed E-state index contributed by atoms with van der Waals surface area (Å²) < 4.78 is 47.0. The van der Waals surface area contributed by atoms with E-state index in [0.29, 0.717) is 28.8 Å². The van der Waals surface area contributed by atoms with Crippen LogP contribution < -0.4 is 10.0 Å². The van der Waals surface area contributed by atoms with Crippen molar-refractivity contribution < 1.29 is 22.1 Å². The minimum Gasteiger partial charge on any atom is -0.337 e. The summed E-state index contributed by atoms with van der Waals surface area (Å²) in [6.45, 7) is 4.85. The zero-order valence-corrected chi connectivity index (χ0v) is 18.0. The second-order valence-corrected chi connectivity index (χ2v) is 8.64. The van der Waals surface area contributed by atoms with Crippen LogP contribution in [0, 0.1) is 12.7 Å². The molecule has 158 valence electrons. The summed E-state index contributed by atoms with van der Waals surface area (Å²) in [6, 6.07) is 8.39. The SMILES string of the molecule is CCc1noc(NC(C)=O)c1-c1ccc(C)c(S(=O)(=O)Nc2ccc(F)c(Cl)c2)c1. The third-order valence-corrected chi connectivity index (χ3v) is 6.14. The van der Waals surface area contributed by atoms with Gasteiger partial charge >= 0.3 is 0 Å². The zero-order chi connectivity index (χ0) is 22.1. The summed E-state index contributed by atoms with van der Waals surface area (Å²) in [4.78, 5) is 11.5. The molecule has 2 N–H and O–H groups in total. The van der Waals surface area contributed by atoms with Crippen molar-refractivity contribution in [1.29, 1.82) is 0 Å². The minimum absolute atomic E-state index is 0.0116. The molecule has 0 atom stereocenters. The standard InChI is InChI=1S/C20H19ClFN3O4S/c1-4-17-19(20(29-24-17)23-12(3)26)13-6-5-11(2)18(9-13)30(27,28)25-14-7-8-16(22)15(21)10-14/h5-10,25H,4H2,1-3H3,(H,23,26). The van der Waals surface area contributed by atoms with Crippen LogP contribution in [-0.4, -0.2) is 19.5 Å². The molecule has 0 saturated carbocycles. The van der Waals surface area contributed by atoms with E-state index in [0.717, 1.165) is 6.07 Å². The van der Waals surface area contributed by atoms with Crippen molar-refractivity contribution in [3.8, 4) is 11.1 Å². The number of halogens is 2. The van der Waals surface area contributed by atoms with Crippen LogP contribution in [0.3, 0.4) is 0 Å². The van der Waals surface area contributed by atoms with Gasteiger partial charge in [0.05, 0.1) is 26.9 Å². The first-order valence-electron chi connectivity index (χ1n) is 8.97. The van der Waals surface area contributed by atoms with Crippen molar-refractivity contribution in [2.45, 2.75) is 32.1 Å². The molecule has 0 fully saturated rings. The summed E-state index contributed by atoms with van der Waals surface area (Å²) >= 11 is 5.74. The number of nitrogens with zero attached hydrogens (tertiary/aromatic N) is 1. The molecule has 7 nitrogen and oxygen atoms in total. The molecule has 2 aromatic carbocycles. The van der Waals surface area contributed by atoms with Gasteiger partial charge in [0.1, 0.15) is 5.82 Å². The van der Waals surface area contributed by atoms with Crippen molar-refractivity contribution in [2.24, 2.45) is 0 Å². The fraction of sp³-hybridized carbons (Fsp3) is 0.200. The molecule has 0 radical (unpaired) electrons. The number of carbonyl (C=O) groups excluding carboxylic acids is 1. The maximum Gasteiger partial charge on any atom is 0.262 e. The van der Waals surface area contributed by atoms with Gasteiger partial charge in [-0.3, -0.25) is 14.8 Å². The maximum absolute atomic E-state index is 13.4. The smallest absolute Gasteiger partial charge is 0.262 e. The number of anilines is 2. The van der Waals surface area contributed by atoms with Gasteiger partial charge in [-0.1, -0.05) is 35.8 Å². The summed E-state index contributed by atoms with van der Waals surface area (Å²) in [7, 11) is -4.01. The number of aryl methyl sites for hydroxylation is 2. The Kier molecular flexibility index (Phi) is 6.14. The van der Waals surface area contributed by atoms with Crippen molar-refractivity contribution in [2.75, 3.05) is 10.0 Å². The minimum atomic E-state index is -4.01. The van der Waals surface area contributed by atoms with Gasteiger partial charge in [0.15, 0.2) is 0 Å². The molecule has 0 spiro atoms. The molecule has 0 aliphatic heterocycles. The third-order valence-electron chi connectivity index (χ3n) is 4.33. The average molecular weight is 452 g/mol. The molecule has 1 heterocycles. The lowest BCUT2D eigenvalue weighted by Crippen LogP contribution is -2.14. The predicted octanol–water partition coefficient (Wildman–Crippen LogP) is 4.76. The highest BCUT2D eigenvalue weighted by Crippen LogP contribution is 2.35. The van der Waals surface area contributed by atoms with Gasteiger partial charge in [0.25, 0.3) is 10.0 Å². The van der Waals surface area contributed by atoms with Crippen LogP contribution in [0.15, 0.2) is 45.8 Å². The number of benzene rings is 2. The lowest BCUT2D eigenvalue weighted by atomic mass is 10.0. The van der Waals surface area contributed by atoms with Gasteiger partial charge in [0, 0.05) is 6.92 Å². The highest BCUT2D eigenvalue weighted by Gasteiger charge is 2.23. The Morgan fingerprint density at radius 3 is 2.60 bits per heavy atom. The second-order valence-electron chi connectivity index (χ2n) is 6.58. The van der Waals surface area contributed by atoms with E-state index in [9.17, 15) is 17.6 Å². The lowest BCUT2D eigenvalue weighted by molar-refractivity contribution is -0.114. The number of hydrogen-bond donors (Lipinski definition) is 2. The first-order valence-corrected chi connectivity index (χ1v) is 10.8. The third kappa shape index (κ3) is 4.47. The van der Waals surface area contributed by atoms with Crippen LogP contribution in [0.5, 0.6) is 0 Å². The maximum atomic E-state index is 13.4. The molecule has 0 aliphatic carbocycles. The van der Waals surface area contributed by atoms with Crippen molar-refractivity contribution in [3.05, 3.63) is 58.5 Å². The van der Waals surface area contributed by atoms with Gasteiger partial charge in [-0.2, -0.15) is 0 Å². The van der Waals surface area contributed by atoms with Gasteiger partial charge < -0.3 is 4.52 Å². The van der Waals surface area contributed by atoms with E-state index in [-0.39, 0.29) is 27.4 Å². The Balaban J connectivity index is 2.06. The number of carbonyl (C=O) groups is 1. The number of rotatable bonds is 6. The lowest BCUT2D eigenvalue weighted by Gasteiger charge is -2.13. The van der Waals surface area contributed by atoms with E-state index in [1.165, 1.54) is 25.1 Å². The van der Waals surface area contributed by atoms with E-state index in [2.05, 4.69) is 15.2 Å². The van der Waals surface area contributed by atoms with Crippen LogP contribution in [0.1, 0.15) is 25.1 Å². The molecule has 0 bridgehead atoms. The van der Waals surface area contributed by atoms with Crippen molar-refractivity contribution in [3.63, 3.8) is 0 Å². The van der Waals surface area contributed by atoms with Crippen LogP contribution >= 0.6 is 11.6 Å². The molecular weight excluding hydrogens is 433 g/mol. The van der Waals surface area contributed by atoms with Crippen LogP contribution in [-0.2, 0) is 21.2 Å². The normalized spacial score (nSPS) is 11.4. The molecule has 3 aromatic rings. The molecule has 0 saturated heterocycles. The molecule has 0 unspecified atom stereocenters. The highest BCUT2D eigenvalue weighted by molar-refractivity contribution is 7.92. The van der Waals surface area contributed by atoms with E-state index in [1.807, 2.05) is 6.92 Å². The number of amides is 1. The summed E-state index contributed by atoms with van der Waals surface area (Å²) in [5.41, 5.74) is 2.22. The monoisotopic (exact) mass is 451 g/mol. The molecule has 3 rings (SSSR count). The van der Waals surface area contributed by atoms with Crippen LogP contribution in [0.2, 0.25) is 5.02 Å². The first kappa shape index (κ1) is 21.8. The van der Waals surface area contributed by atoms with E-state index in [1.54, 1.807) is 19.1 Å². The second kappa shape index (κ2) is 8.45. The van der Waals surface area contributed by atoms with Gasteiger partial charge in [-0.25, -0.2) is 12.8 Å². The van der Waals surface area contributed by atoms with Crippen molar-refractivity contribution >= 4 is 39.1 Å². The zero-order valence-electron chi connectivity index (χ0n) is 16.4. The molecule has 1 amide bonds. The van der Waals surface area contributed by atoms with Crippen LogP contribution in [0.25, 0.3) is 11.1 Å². The van der Waals surface area contributed by atoms with Gasteiger partial charge in [-0.05, 0) is 48.7 Å². The average Bonchev–Trinajstić information content (AvgIpc) is 3.06. The Morgan fingerprint density at radius 1 is 1.23 bits per heavy atom. The Hall–Kier alpha value is -2.91.